The Morgan fingerprint density at radius 3 is 2.78 bits per heavy atom. The summed E-state index contributed by atoms with van der Waals surface area (Å²) >= 11 is 0. The Labute approximate surface area is 262 Å². The number of nitrogens with one attached hydrogen (secondary N) is 1. The van der Waals surface area contributed by atoms with Crippen molar-refractivity contribution in [3.8, 4) is 41.2 Å². The Hall–Kier alpha value is -4.34. The normalized spacial score (nSPS) is 30.4. The van der Waals surface area contributed by atoms with Gasteiger partial charge in [-0.3, -0.25) is 4.90 Å². The molecular weight excluding hydrogens is 597 g/mol. The monoisotopic (exact) mass is 628 g/mol. The lowest BCUT2D eigenvalue weighted by Gasteiger charge is -2.46. The topological polar surface area (TPSA) is 95.9 Å². The Morgan fingerprint density at radius 2 is 2.02 bits per heavy atom. The minimum absolute atomic E-state index is 0.0404. The molecule has 2 N–H and O–H groups in total. The van der Waals surface area contributed by atoms with Gasteiger partial charge in [0.15, 0.2) is 5.82 Å². The van der Waals surface area contributed by atoms with Crippen molar-refractivity contribution in [2.24, 2.45) is 5.92 Å². The molecule has 6 heterocycles. The van der Waals surface area contributed by atoms with Gasteiger partial charge in [0.05, 0.1) is 17.6 Å². The summed E-state index contributed by atoms with van der Waals surface area (Å²) in [6.45, 7) is 5.62. The molecule has 1 aliphatic carbocycles. The lowest BCUT2D eigenvalue weighted by Crippen LogP contribution is -2.59. The number of nitrogens with zero attached hydrogens (tertiary/aromatic N) is 5. The number of anilines is 1. The molecule has 1 spiro atoms. The van der Waals surface area contributed by atoms with Gasteiger partial charge >= 0.3 is 6.01 Å². The second kappa shape index (κ2) is 9.14. The van der Waals surface area contributed by atoms with Crippen molar-refractivity contribution < 1.29 is 27.8 Å². The van der Waals surface area contributed by atoms with Crippen LogP contribution in [-0.4, -0.2) is 86.9 Å². The number of phenolic OH excluding ortho intramolecular Hbond substituents is 1. The summed E-state index contributed by atoms with van der Waals surface area (Å²) in [7, 11) is 0. The Kier molecular flexibility index (Phi) is 5.55. The maximum absolute atomic E-state index is 17.0. The zero-order valence-electron chi connectivity index (χ0n) is 25.3. The number of fused-ring (bicyclic) bond motifs is 3. The van der Waals surface area contributed by atoms with Crippen LogP contribution in [0.25, 0.3) is 32.9 Å². The van der Waals surface area contributed by atoms with E-state index in [1.165, 1.54) is 6.07 Å². The number of benzene rings is 2. The number of halogens is 3. The molecule has 9 nitrogen and oxygen atoms in total. The number of hydrogen-bond acceptors (Lipinski definition) is 9. The highest BCUT2D eigenvalue weighted by Gasteiger charge is 2.72. The SMILES string of the molecule is C#Cc1cccc2cc(O)cc(-c3nc4c5c(nc(OC[C@@]67CCN6CC(F)(F)C7)nc5c3F)N3CCN[C@H]5C(C)C53[C@H](C)O4)c12. The van der Waals surface area contributed by atoms with E-state index in [0.29, 0.717) is 53.6 Å². The first-order chi connectivity index (χ1) is 22.1. The molecule has 2 unspecified atom stereocenters. The van der Waals surface area contributed by atoms with E-state index in [0.717, 1.165) is 0 Å². The Balaban J connectivity index is 1.26. The first kappa shape index (κ1) is 27.9. The third kappa shape index (κ3) is 3.58. The van der Waals surface area contributed by atoms with Crippen LogP contribution in [0.2, 0.25) is 0 Å². The van der Waals surface area contributed by atoms with Gasteiger partial charge in [0.2, 0.25) is 5.88 Å². The highest BCUT2D eigenvalue weighted by molar-refractivity contribution is 6.04. The maximum atomic E-state index is 17.0. The van der Waals surface area contributed by atoms with Crippen molar-refractivity contribution in [1.29, 1.82) is 0 Å². The van der Waals surface area contributed by atoms with Gasteiger partial charge in [0.1, 0.15) is 40.9 Å². The highest BCUT2D eigenvalue weighted by Crippen LogP contribution is 2.58. The predicted molar refractivity (Wildman–Crippen MR) is 165 cm³/mol. The van der Waals surface area contributed by atoms with Crippen molar-refractivity contribution in [1.82, 2.24) is 25.2 Å². The van der Waals surface area contributed by atoms with E-state index < -0.39 is 22.8 Å². The number of ether oxygens (including phenoxy) is 2. The van der Waals surface area contributed by atoms with Crippen molar-refractivity contribution in [2.75, 3.05) is 37.7 Å². The zero-order valence-corrected chi connectivity index (χ0v) is 25.3. The molecule has 2 aromatic heterocycles. The molecular formula is C34H31F3N6O3. The molecule has 4 fully saturated rings. The summed E-state index contributed by atoms with van der Waals surface area (Å²) in [5.74, 6) is -0.183. The molecule has 0 amide bonds. The second-order valence-corrected chi connectivity index (χ2v) is 13.4. The third-order valence-corrected chi connectivity index (χ3v) is 11.1. The van der Waals surface area contributed by atoms with Gasteiger partial charge in [-0.15, -0.1) is 6.42 Å². The molecule has 4 aliphatic heterocycles. The summed E-state index contributed by atoms with van der Waals surface area (Å²) in [6, 6.07) is 8.31. The Morgan fingerprint density at radius 1 is 1.17 bits per heavy atom. The van der Waals surface area contributed by atoms with E-state index in [1.54, 1.807) is 29.2 Å². The zero-order chi connectivity index (χ0) is 31.7. The van der Waals surface area contributed by atoms with Gasteiger partial charge in [-0.05, 0) is 36.9 Å². The summed E-state index contributed by atoms with van der Waals surface area (Å²) < 4.78 is 58.6. The molecule has 236 valence electrons. The lowest BCUT2D eigenvalue weighted by atomic mass is 9.85. The first-order valence-corrected chi connectivity index (χ1v) is 15.6. The molecule has 1 saturated carbocycles. The van der Waals surface area contributed by atoms with E-state index in [1.807, 2.05) is 6.92 Å². The highest BCUT2D eigenvalue weighted by atomic mass is 19.3. The fourth-order valence-electron chi connectivity index (χ4n) is 8.85. The van der Waals surface area contributed by atoms with Gasteiger partial charge in [-0.25, -0.2) is 18.2 Å². The van der Waals surface area contributed by atoms with Gasteiger partial charge in [0, 0.05) is 54.5 Å². The van der Waals surface area contributed by atoms with Crippen molar-refractivity contribution in [3.05, 3.63) is 41.7 Å². The molecule has 12 heteroatoms. The van der Waals surface area contributed by atoms with Crippen LogP contribution in [0.3, 0.4) is 0 Å². The van der Waals surface area contributed by atoms with E-state index in [9.17, 15) is 13.9 Å². The standard InChI is InChI=1S/C34H31F3N6O3/c1-4-19-6-5-7-20-12-21(44)13-22(23(19)20)26-25(35)27-24-29(41-31(40-27)45-16-32-8-10-42(32)15-33(36,37)14-32)43-11-9-38-28-17(2)34(28,43)18(3)46-30(24)39-26/h1,5-7,12-13,17-18,28,38,44H,8-11,14-16H2,2-3H3/t17?,18-,28-,32-,34?/m0/s1. The van der Waals surface area contributed by atoms with Gasteiger partial charge in [-0.2, -0.15) is 9.97 Å². The maximum Gasteiger partial charge on any atom is 0.319 e. The number of rotatable bonds is 4. The summed E-state index contributed by atoms with van der Waals surface area (Å²) in [5, 5.41) is 15.7. The van der Waals surface area contributed by atoms with E-state index in [-0.39, 0.29) is 72.1 Å². The number of phenols is 1. The number of aromatic nitrogens is 3. The Bertz CT molecular complexity index is 2040. The predicted octanol–water partition coefficient (Wildman–Crippen LogP) is 4.48. The third-order valence-electron chi connectivity index (χ3n) is 11.1. The molecule has 9 rings (SSSR count). The van der Waals surface area contributed by atoms with Crippen LogP contribution < -0.4 is 19.7 Å². The van der Waals surface area contributed by atoms with Crippen LogP contribution in [0.1, 0.15) is 32.3 Å². The number of alkyl halides is 2. The summed E-state index contributed by atoms with van der Waals surface area (Å²) in [4.78, 5) is 18.1. The smallest absolute Gasteiger partial charge is 0.319 e. The lowest BCUT2D eigenvalue weighted by molar-refractivity contribution is -0.0132. The molecule has 0 radical (unpaired) electrons. The largest absolute Gasteiger partial charge is 0.508 e. The molecule has 46 heavy (non-hydrogen) atoms. The average molecular weight is 629 g/mol. The van der Waals surface area contributed by atoms with Gasteiger partial charge in [-0.1, -0.05) is 25.0 Å². The van der Waals surface area contributed by atoms with Crippen LogP contribution in [-0.2, 0) is 0 Å². The quantitative estimate of drug-likeness (QED) is 0.317. The van der Waals surface area contributed by atoms with E-state index >= 15 is 4.39 Å². The van der Waals surface area contributed by atoms with Gasteiger partial charge in [0.25, 0.3) is 5.92 Å². The minimum Gasteiger partial charge on any atom is -0.508 e. The van der Waals surface area contributed by atoms with Crippen molar-refractivity contribution >= 4 is 27.5 Å². The molecule has 2 aromatic carbocycles. The number of hydrogen-bond donors (Lipinski definition) is 2. The van der Waals surface area contributed by atoms with Crippen molar-refractivity contribution in [2.45, 2.75) is 55.8 Å². The average Bonchev–Trinajstić information content (AvgIpc) is 3.63. The number of pyridine rings is 1. The molecule has 0 bridgehead atoms. The van der Waals surface area contributed by atoms with Crippen LogP contribution >= 0.6 is 0 Å². The van der Waals surface area contributed by atoms with Crippen LogP contribution in [0, 0.1) is 24.1 Å². The van der Waals surface area contributed by atoms with Gasteiger partial charge < -0.3 is 24.8 Å². The molecule has 4 aromatic rings. The van der Waals surface area contributed by atoms with E-state index in [4.69, 9.17) is 25.9 Å². The molecule has 3 saturated heterocycles. The van der Waals surface area contributed by atoms with Crippen LogP contribution in [0.5, 0.6) is 17.6 Å². The molecule has 5 atom stereocenters. The van der Waals surface area contributed by atoms with E-state index in [2.05, 4.69) is 28.0 Å². The van der Waals surface area contributed by atoms with Crippen molar-refractivity contribution in [3.63, 3.8) is 0 Å². The number of aromatic hydroxyl groups is 1. The minimum atomic E-state index is -2.80. The number of terminal acetylenes is 1. The van der Waals surface area contributed by atoms with Crippen LogP contribution in [0.15, 0.2) is 30.3 Å². The second-order valence-electron chi connectivity index (χ2n) is 13.4. The summed E-state index contributed by atoms with van der Waals surface area (Å²) in [6.07, 6.45) is 5.75. The fraction of sp³-hybridized carbons (Fsp3) is 0.441. The molecule has 5 aliphatic rings. The fourth-order valence-corrected chi connectivity index (χ4v) is 8.85. The van der Waals surface area contributed by atoms with Crippen LogP contribution in [0.4, 0.5) is 19.0 Å². The summed E-state index contributed by atoms with van der Waals surface area (Å²) in [5.41, 5.74) is -0.643. The first-order valence-electron chi connectivity index (χ1n) is 15.6. The number of piperazine rings is 1.